The number of halogens is 1. The van der Waals surface area contributed by atoms with Gasteiger partial charge in [0.1, 0.15) is 0 Å². The van der Waals surface area contributed by atoms with E-state index in [0.29, 0.717) is 0 Å². The van der Waals surface area contributed by atoms with Gasteiger partial charge in [0.25, 0.3) is 5.97 Å². The van der Waals surface area contributed by atoms with Crippen LogP contribution < -0.4 is 0 Å². The van der Waals surface area contributed by atoms with Crippen molar-refractivity contribution in [3.05, 3.63) is 0 Å². The Morgan fingerprint density at radius 1 is 0.632 bits per heavy atom. The molecular formula is C15H33FO3. The van der Waals surface area contributed by atoms with Gasteiger partial charge in [-0.25, -0.2) is 0 Å². The van der Waals surface area contributed by atoms with E-state index >= 15 is 0 Å². The molecule has 0 radical (unpaired) electrons. The van der Waals surface area contributed by atoms with E-state index in [1.165, 1.54) is 51.4 Å². The molecule has 3 nitrogen and oxygen atoms in total. The predicted molar refractivity (Wildman–Crippen MR) is 78.1 cm³/mol. The minimum Gasteiger partial charge on any atom is -0.331 e. The third kappa shape index (κ3) is 10.3. The first-order valence-corrected chi connectivity index (χ1v) is 7.40. The van der Waals surface area contributed by atoms with E-state index in [0.717, 1.165) is 12.8 Å². The molecule has 0 saturated carbocycles. The molecule has 0 unspecified atom stereocenters. The van der Waals surface area contributed by atoms with Crippen LogP contribution in [0.5, 0.6) is 0 Å². The van der Waals surface area contributed by atoms with Gasteiger partial charge < -0.3 is 14.2 Å². The maximum Gasteiger partial charge on any atom is 0.282 e. The maximum absolute atomic E-state index is 5.26. The van der Waals surface area contributed by atoms with Crippen molar-refractivity contribution in [3.8, 4) is 0 Å². The molecular weight excluding hydrogens is 247 g/mol. The highest BCUT2D eigenvalue weighted by Gasteiger charge is 2.28. The third-order valence-electron chi connectivity index (χ3n) is 3.52. The van der Waals surface area contributed by atoms with Crippen LogP contribution in [0.15, 0.2) is 0 Å². The van der Waals surface area contributed by atoms with Crippen molar-refractivity contribution in [1.82, 2.24) is 0 Å². The summed E-state index contributed by atoms with van der Waals surface area (Å²) in [7, 11) is 4.88. The summed E-state index contributed by atoms with van der Waals surface area (Å²) in [5.74, 6) is -0.832. The molecule has 0 N–H and O–H groups in total. The molecule has 0 aliphatic rings. The molecule has 0 aromatic heterocycles. The molecule has 0 aromatic carbocycles. The average molecular weight is 280 g/mol. The Kier molecular flexibility index (Phi) is 15.8. The zero-order valence-corrected chi connectivity index (χ0v) is 13.2. The molecule has 19 heavy (non-hydrogen) atoms. The average Bonchev–Trinajstić information content (AvgIpc) is 2.42. The Morgan fingerprint density at radius 2 is 1.00 bits per heavy atom. The Labute approximate surface area is 118 Å². The van der Waals surface area contributed by atoms with Crippen molar-refractivity contribution in [2.75, 3.05) is 21.3 Å². The van der Waals surface area contributed by atoms with Gasteiger partial charge in [0.15, 0.2) is 0 Å². The SMILES string of the molecule is CCCCCCCCCCCC(OC)(OC)OC.F. The van der Waals surface area contributed by atoms with Crippen LogP contribution in [0.25, 0.3) is 0 Å². The topological polar surface area (TPSA) is 27.7 Å². The second-order valence-corrected chi connectivity index (χ2v) is 4.87. The van der Waals surface area contributed by atoms with Crippen molar-refractivity contribution in [2.45, 2.75) is 77.1 Å². The number of methoxy groups -OCH3 is 3. The van der Waals surface area contributed by atoms with E-state index in [4.69, 9.17) is 14.2 Å². The van der Waals surface area contributed by atoms with Crippen LogP contribution >= 0.6 is 0 Å². The van der Waals surface area contributed by atoms with Crippen molar-refractivity contribution in [3.63, 3.8) is 0 Å². The second kappa shape index (κ2) is 14.2. The zero-order chi connectivity index (χ0) is 13.7. The highest BCUT2D eigenvalue weighted by atomic mass is 19.0. The quantitative estimate of drug-likeness (QED) is 0.363. The Hall–Kier alpha value is -0.190. The minimum atomic E-state index is -0.832. The summed E-state index contributed by atoms with van der Waals surface area (Å²) in [4.78, 5) is 0. The lowest BCUT2D eigenvalue weighted by atomic mass is 10.1. The van der Waals surface area contributed by atoms with Crippen LogP contribution in [0.4, 0.5) is 4.70 Å². The number of hydrogen-bond acceptors (Lipinski definition) is 3. The Balaban J connectivity index is 0. The van der Waals surface area contributed by atoms with Crippen LogP contribution in [0, 0.1) is 0 Å². The second-order valence-electron chi connectivity index (χ2n) is 4.87. The van der Waals surface area contributed by atoms with Gasteiger partial charge in [0.2, 0.25) is 0 Å². The fourth-order valence-electron chi connectivity index (χ4n) is 2.21. The number of ether oxygens (including phenoxy) is 3. The number of hydrogen-bond donors (Lipinski definition) is 0. The molecule has 0 atom stereocenters. The fourth-order valence-corrected chi connectivity index (χ4v) is 2.21. The zero-order valence-electron chi connectivity index (χ0n) is 13.2. The maximum atomic E-state index is 5.26. The van der Waals surface area contributed by atoms with Crippen LogP contribution in [-0.2, 0) is 14.2 Å². The molecule has 0 saturated heterocycles. The van der Waals surface area contributed by atoms with Gasteiger partial charge >= 0.3 is 0 Å². The van der Waals surface area contributed by atoms with E-state index < -0.39 is 5.97 Å². The molecule has 0 aliphatic carbocycles. The molecule has 0 amide bonds. The summed E-state index contributed by atoms with van der Waals surface area (Å²) in [6, 6.07) is 0. The van der Waals surface area contributed by atoms with E-state index in [9.17, 15) is 0 Å². The largest absolute Gasteiger partial charge is 0.331 e. The smallest absolute Gasteiger partial charge is 0.282 e. The first-order valence-electron chi connectivity index (χ1n) is 7.40. The van der Waals surface area contributed by atoms with Crippen molar-refractivity contribution >= 4 is 0 Å². The van der Waals surface area contributed by atoms with E-state index in [2.05, 4.69) is 6.92 Å². The van der Waals surface area contributed by atoms with Gasteiger partial charge in [-0.1, -0.05) is 58.3 Å². The molecule has 0 aromatic rings. The first-order chi connectivity index (χ1) is 8.74. The molecule has 4 heteroatoms. The molecule has 0 aliphatic heterocycles. The van der Waals surface area contributed by atoms with Crippen LogP contribution in [0.3, 0.4) is 0 Å². The summed E-state index contributed by atoms with van der Waals surface area (Å²) in [5, 5.41) is 0. The van der Waals surface area contributed by atoms with Gasteiger partial charge in [-0.15, -0.1) is 0 Å². The summed E-state index contributed by atoms with van der Waals surface area (Å²) in [6.07, 6.45) is 12.7. The normalized spacial score (nSPS) is 11.4. The Morgan fingerprint density at radius 3 is 1.37 bits per heavy atom. The third-order valence-corrected chi connectivity index (χ3v) is 3.52. The van der Waals surface area contributed by atoms with Crippen LogP contribution in [0.1, 0.15) is 71.1 Å². The lowest BCUT2D eigenvalue weighted by Gasteiger charge is -2.28. The summed E-state index contributed by atoms with van der Waals surface area (Å²) in [6.45, 7) is 2.26. The van der Waals surface area contributed by atoms with Crippen molar-refractivity contribution in [1.29, 1.82) is 0 Å². The monoisotopic (exact) mass is 280 g/mol. The van der Waals surface area contributed by atoms with E-state index in [1.807, 2.05) is 0 Å². The van der Waals surface area contributed by atoms with Gasteiger partial charge in [-0.3, -0.25) is 4.70 Å². The highest BCUT2D eigenvalue weighted by molar-refractivity contribution is 4.56. The van der Waals surface area contributed by atoms with Gasteiger partial charge in [-0.2, -0.15) is 0 Å². The molecule has 0 heterocycles. The molecule has 0 fully saturated rings. The minimum absolute atomic E-state index is 0. The first kappa shape index (κ1) is 21.1. The number of unbranched alkanes of at least 4 members (excludes halogenated alkanes) is 8. The summed E-state index contributed by atoms with van der Waals surface area (Å²) in [5.41, 5.74) is 0. The van der Waals surface area contributed by atoms with Crippen LogP contribution in [0.2, 0.25) is 0 Å². The van der Waals surface area contributed by atoms with E-state index in [-0.39, 0.29) is 4.70 Å². The lowest BCUT2D eigenvalue weighted by molar-refractivity contribution is -0.355. The predicted octanol–water partition coefficient (Wildman–Crippen LogP) is 4.65. The standard InChI is InChI=1S/C15H32O3.FH/c1-5-6-7-8-9-10-11-12-13-14-15(16-2,17-3)18-4;/h5-14H2,1-4H3;1H. The molecule has 0 spiro atoms. The number of rotatable bonds is 13. The van der Waals surface area contributed by atoms with Crippen molar-refractivity contribution < 1.29 is 18.9 Å². The van der Waals surface area contributed by atoms with Crippen LogP contribution in [-0.4, -0.2) is 27.3 Å². The van der Waals surface area contributed by atoms with Gasteiger partial charge in [-0.05, 0) is 6.42 Å². The van der Waals surface area contributed by atoms with Gasteiger partial charge in [0, 0.05) is 27.8 Å². The fraction of sp³-hybridized carbons (Fsp3) is 1.00. The molecule has 0 bridgehead atoms. The lowest BCUT2D eigenvalue weighted by Crippen LogP contribution is -2.35. The summed E-state index contributed by atoms with van der Waals surface area (Å²) < 4.78 is 15.8. The molecule has 118 valence electrons. The molecule has 0 rings (SSSR count). The highest BCUT2D eigenvalue weighted by Crippen LogP contribution is 2.21. The van der Waals surface area contributed by atoms with E-state index in [1.54, 1.807) is 21.3 Å². The Bertz CT molecular complexity index is 165. The summed E-state index contributed by atoms with van der Waals surface area (Å²) >= 11 is 0. The van der Waals surface area contributed by atoms with Crippen molar-refractivity contribution in [2.24, 2.45) is 0 Å². The van der Waals surface area contributed by atoms with Gasteiger partial charge in [0.05, 0.1) is 0 Å².